The van der Waals surface area contributed by atoms with Gasteiger partial charge >= 0.3 is 0 Å². The molecule has 1 atom stereocenters. The molecular formula is C20H26N2OS. The second-order valence-corrected chi connectivity index (χ2v) is 7.39. The number of anilines is 1. The van der Waals surface area contributed by atoms with Gasteiger partial charge in [0.2, 0.25) is 5.91 Å². The predicted molar refractivity (Wildman–Crippen MR) is 104 cm³/mol. The van der Waals surface area contributed by atoms with E-state index in [0.717, 1.165) is 17.9 Å². The molecule has 0 heterocycles. The van der Waals surface area contributed by atoms with E-state index in [2.05, 4.69) is 60.6 Å². The molecule has 0 radical (unpaired) electrons. The topological polar surface area (TPSA) is 32.3 Å². The number of thioether (sulfide) groups is 1. The molecule has 24 heavy (non-hydrogen) atoms. The predicted octanol–water partition coefficient (Wildman–Crippen LogP) is 4.12. The van der Waals surface area contributed by atoms with Crippen molar-refractivity contribution in [3.8, 4) is 0 Å². The minimum Gasteiger partial charge on any atom is -0.375 e. The largest absolute Gasteiger partial charge is 0.375 e. The van der Waals surface area contributed by atoms with E-state index in [1.807, 2.05) is 25.1 Å². The van der Waals surface area contributed by atoms with Gasteiger partial charge in [-0.1, -0.05) is 35.9 Å². The Hall–Kier alpha value is -1.94. The summed E-state index contributed by atoms with van der Waals surface area (Å²) in [5, 5.41) is 2.95. The normalized spacial score (nSPS) is 11.8. The van der Waals surface area contributed by atoms with Crippen LogP contribution in [0.5, 0.6) is 0 Å². The van der Waals surface area contributed by atoms with Crippen LogP contribution in [-0.2, 0) is 4.79 Å². The van der Waals surface area contributed by atoms with Crippen LogP contribution in [0, 0.1) is 6.92 Å². The maximum atomic E-state index is 12.2. The van der Waals surface area contributed by atoms with E-state index in [-0.39, 0.29) is 11.2 Å². The van der Waals surface area contributed by atoms with Gasteiger partial charge in [-0.3, -0.25) is 4.79 Å². The molecule has 2 aromatic rings. The van der Waals surface area contributed by atoms with Crippen LogP contribution in [0.15, 0.2) is 59.5 Å². The first-order valence-corrected chi connectivity index (χ1v) is 9.21. The minimum absolute atomic E-state index is 0.0837. The molecule has 0 unspecified atom stereocenters. The number of hydrogen-bond acceptors (Lipinski definition) is 3. The van der Waals surface area contributed by atoms with Crippen molar-refractivity contribution in [1.82, 2.24) is 5.32 Å². The Balaban J connectivity index is 1.68. The van der Waals surface area contributed by atoms with Gasteiger partial charge in [0.15, 0.2) is 0 Å². The molecule has 0 aliphatic rings. The summed E-state index contributed by atoms with van der Waals surface area (Å²) >= 11 is 1.60. The number of nitrogens with zero attached hydrogens (tertiary/aromatic N) is 1. The van der Waals surface area contributed by atoms with E-state index in [4.69, 9.17) is 0 Å². The number of rotatable bonds is 8. The molecule has 1 amide bonds. The fraction of sp³-hybridized carbons (Fsp3) is 0.350. The first kappa shape index (κ1) is 18.4. The van der Waals surface area contributed by atoms with E-state index >= 15 is 0 Å². The summed E-state index contributed by atoms with van der Waals surface area (Å²) in [5.74, 6) is 0.0999. The molecule has 3 nitrogen and oxygen atoms in total. The first-order valence-electron chi connectivity index (χ1n) is 8.33. The summed E-state index contributed by atoms with van der Waals surface area (Å²) < 4.78 is 0. The second-order valence-electron chi connectivity index (χ2n) is 5.97. The average molecular weight is 343 g/mol. The van der Waals surface area contributed by atoms with Crippen molar-refractivity contribution in [2.75, 3.05) is 25.0 Å². The van der Waals surface area contributed by atoms with Crippen LogP contribution >= 0.6 is 11.8 Å². The molecule has 0 bridgehead atoms. The lowest BCUT2D eigenvalue weighted by atomic mass is 10.2. The highest BCUT2D eigenvalue weighted by Gasteiger charge is 2.13. The zero-order valence-corrected chi connectivity index (χ0v) is 15.5. The monoisotopic (exact) mass is 342 g/mol. The number of benzene rings is 2. The third kappa shape index (κ3) is 5.93. The molecule has 1 N–H and O–H groups in total. The van der Waals surface area contributed by atoms with Gasteiger partial charge in [0.25, 0.3) is 0 Å². The van der Waals surface area contributed by atoms with Gasteiger partial charge in [-0.15, -0.1) is 11.8 Å². The van der Waals surface area contributed by atoms with Gasteiger partial charge in [0.05, 0.1) is 5.25 Å². The summed E-state index contributed by atoms with van der Waals surface area (Å²) in [5.41, 5.74) is 2.44. The number of carbonyl (C=O) groups is 1. The summed E-state index contributed by atoms with van der Waals surface area (Å²) in [6.07, 6.45) is 0.930. The Morgan fingerprint density at radius 1 is 1.12 bits per heavy atom. The van der Waals surface area contributed by atoms with E-state index in [0.29, 0.717) is 6.54 Å². The molecule has 0 aliphatic heterocycles. The molecular weight excluding hydrogens is 316 g/mol. The van der Waals surface area contributed by atoms with Crippen LogP contribution in [0.2, 0.25) is 0 Å². The Morgan fingerprint density at radius 2 is 1.79 bits per heavy atom. The Labute approximate surface area is 149 Å². The third-order valence-electron chi connectivity index (χ3n) is 3.87. The maximum Gasteiger partial charge on any atom is 0.233 e. The average Bonchev–Trinajstić information content (AvgIpc) is 2.61. The van der Waals surface area contributed by atoms with Crippen molar-refractivity contribution in [2.24, 2.45) is 0 Å². The molecule has 0 aromatic heterocycles. The van der Waals surface area contributed by atoms with Crippen LogP contribution in [-0.4, -0.2) is 31.3 Å². The zero-order chi connectivity index (χ0) is 17.4. The number of amides is 1. The molecule has 0 spiro atoms. The van der Waals surface area contributed by atoms with Crippen molar-refractivity contribution in [1.29, 1.82) is 0 Å². The van der Waals surface area contributed by atoms with Crippen LogP contribution in [0.3, 0.4) is 0 Å². The lowest BCUT2D eigenvalue weighted by molar-refractivity contribution is -0.120. The highest BCUT2D eigenvalue weighted by Crippen LogP contribution is 2.23. The fourth-order valence-electron chi connectivity index (χ4n) is 2.36. The van der Waals surface area contributed by atoms with E-state index in [1.165, 1.54) is 11.3 Å². The Bertz CT molecular complexity index is 628. The first-order chi connectivity index (χ1) is 11.6. The lowest BCUT2D eigenvalue weighted by Gasteiger charge is -2.19. The summed E-state index contributed by atoms with van der Waals surface area (Å²) in [6, 6.07) is 18.6. The smallest absolute Gasteiger partial charge is 0.233 e. The molecule has 0 aliphatic carbocycles. The minimum atomic E-state index is -0.0837. The van der Waals surface area contributed by atoms with Crippen LogP contribution in [0.4, 0.5) is 5.69 Å². The van der Waals surface area contributed by atoms with E-state index < -0.39 is 0 Å². The lowest BCUT2D eigenvalue weighted by Crippen LogP contribution is -2.33. The van der Waals surface area contributed by atoms with Gasteiger partial charge < -0.3 is 10.2 Å². The molecule has 0 saturated carbocycles. The highest BCUT2D eigenvalue weighted by molar-refractivity contribution is 8.00. The van der Waals surface area contributed by atoms with Crippen molar-refractivity contribution in [3.05, 3.63) is 60.2 Å². The third-order valence-corrected chi connectivity index (χ3v) is 4.98. The van der Waals surface area contributed by atoms with Gasteiger partial charge in [0.1, 0.15) is 0 Å². The van der Waals surface area contributed by atoms with Crippen molar-refractivity contribution >= 4 is 23.4 Å². The molecule has 4 heteroatoms. The van der Waals surface area contributed by atoms with Gasteiger partial charge in [-0.2, -0.15) is 0 Å². The standard InChI is InChI=1S/C20H26N2OS/c1-16-10-12-19(13-11-16)24-17(2)20(23)21-14-7-15-22(3)18-8-5-4-6-9-18/h4-6,8-13,17H,7,14-15H2,1-3H3,(H,21,23)/t17-/m0/s1. The van der Waals surface area contributed by atoms with Crippen molar-refractivity contribution in [2.45, 2.75) is 30.4 Å². The van der Waals surface area contributed by atoms with E-state index in [1.54, 1.807) is 11.8 Å². The van der Waals surface area contributed by atoms with Crippen LogP contribution < -0.4 is 10.2 Å². The number of hydrogen-bond donors (Lipinski definition) is 1. The molecule has 2 rings (SSSR count). The van der Waals surface area contributed by atoms with E-state index in [9.17, 15) is 4.79 Å². The van der Waals surface area contributed by atoms with Gasteiger partial charge in [-0.25, -0.2) is 0 Å². The Kier molecular flexibility index (Phi) is 7.19. The number of para-hydroxylation sites is 1. The molecule has 0 saturated heterocycles. The number of carbonyl (C=O) groups excluding carboxylic acids is 1. The summed E-state index contributed by atoms with van der Waals surface area (Å²) in [7, 11) is 2.08. The zero-order valence-electron chi connectivity index (χ0n) is 14.7. The fourth-order valence-corrected chi connectivity index (χ4v) is 3.25. The molecule has 128 valence electrons. The van der Waals surface area contributed by atoms with Gasteiger partial charge in [-0.05, 0) is 44.5 Å². The van der Waals surface area contributed by atoms with Crippen LogP contribution in [0.25, 0.3) is 0 Å². The van der Waals surface area contributed by atoms with Crippen molar-refractivity contribution in [3.63, 3.8) is 0 Å². The van der Waals surface area contributed by atoms with Crippen LogP contribution in [0.1, 0.15) is 18.9 Å². The number of aryl methyl sites for hydroxylation is 1. The Morgan fingerprint density at radius 3 is 2.46 bits per heavy atom. The van der Waals surface area contributed by atoms with Gasteiger partial charge in [0, 0.05) is 30.7 Å². The summed E-state index contributed by atoms with van der Waals surface area (Å²) in [6.45, 7) is 5.64. The maximum absolute atomic E-state index is 12.2. The highest BCUT2D eigenvalue weighted by atomic mass is 32.2. The number of nitrogens with one attached hydrogen (secondary N) is 1. The quantitative estimate of drug-likeness (QED) is 0.578. The molecule has 2 aromatic carbocycles. The molecule has 0 fully saturated rings. The van der Waals surface area contributed by atoms with Crippen molar-refractivity contribution < 1.29 is 4.79 Å². The SMILES string of the molecule is Cc1ccc(S[C@@H](C)C(=O)NCCCN(C)c2ccccc2)cc1. The summed E-state index contributed by atoms with van der Waals surface area (Å²) in [4.78, 5) is 15.5. The second kappa shape index (κ2) is 9.38.